The van der Waals surface area contributed by atoms with Crippen molar-refractivity contribution in [3.05, 3.63) is 48.6 Å². The van der Waals surface area contributed by atoms with Gasteiger partial charge >= 0.3 is 11.9 Å². The number of hydrogen-bond donors (Lipinski definition) is 4. The number of aliphatic hydroxyl groups is 3. The van der Waals surface area contributed by atoms with Gasteiger partial charge in [-0.3, -0.25) is 14.1 Å². The van der Waals surface area contributed by atoms with Crippen molar-refractivity contribution in [1.82, 2.24) is 0 Å². The number of rotatable bonds is 41. The first-order chi connectivity index (χ1) is 30.5. The van der Waals surface area contributed by atoms with Crippen molar-refractivity contribution in [2.24, 2.45) is 0 Å². The first-order valence-corrected chi connectivity index (χ1v) is 26.4. The van der Waals surface area contributed by atoms with Crippen molar-refractivity contribution in [1.29, 1.82) is 0 Å². The molecule has 0 spiro atoms. The molecule has 0 saturated carbocycles. The van der Waals surface area contributed by atoms with Crippen LogP contribution in [-0.4, -0.2) is 96.0 Å². The van der Waals surface area contributed by atoms with E-state index < -0.39 is 71.2 Å². The summed E-state index contributed by atoms with van der Waals surface area (Å²) >= 11 is 0. The van der Waals surface area contributed by atoms with Crippen LogP contribution in [0.25, 0.3) is 0 Å². The standard InChI is InChI=1S/C50H88O12S/c1-3-5-7-9-11-13-15-17-18-19-20-21-22-23-24-25-27-28-30-32-34-36-38-45(51)59-40-43(41-60-50-49(55)48(54)47(53)44(62-50)42-63(56,57)58)61-46(52)39-37-35-33-31-29-26-16-14-12-10-8-6-4-2/h6,8,10,12,14,16,26,29,43-44,47-50,53-55H,3-5,7,9,11,13,15,17-25,27-28,30-42H2,1-2H3,(H,56,57,58)/b8-6+,12-10+,16-14+,29-26+/t43?,44-,47-,48?,49?,50+/m1/s1. The third kappa shape index (κ3) is 34.6. The van der Waals surface area contributed by atoms with Gasteiger partial charge in [-0.2, -0.15) is 8.42 Å². The average Bonchev–Trinajstić information content (AvgIpc) is 3.25. The predicted molar refractivity (Wildman–Crippen MR) is 252 cm³/mol. The molecule has 0 aromatic carbocycles. The van der Waals surface area contributed by atoms with E-state index >= 15 is 0 Å². The number of allylic oxidation sites excluding steroid dienone is 8. The Bertz CT molecular complexity index is 1350. The van der Waals surface area contributed by atoms with Crippen LogP contribution in [0.4, 0.5) is 0 Å². The molecule has 1 rings (SSSR count). The van der Waals surface area contributed by atoms with Gasteiger partial charge in [0.2, 0.25) is 0 Å². The minimum absolute atomic E-state index is 0.119. The number of ether oxygens (including phenoxy) is 4. The van der Waals surface area contributed by atoms with E-state index in [0.29, 0.717) is 12.8 Å². The predicted octanol–water partition coefficient (Wildman–Crippen LogP) is 10.7. The molecular weight excluding hydrogens is 825 g/mol. The normalized spacial score (nSPS) is 20.1. The molecule has 0 bridgehead atoms. The highest BCUT2D eigenvalue weighted by atomic mass is 32.2. The van der Waals surface area contributed by atoms with E-state index in [-0.39, 0.29) is 19.4 Å². The lowest BCUT2D eigenvalue weighted by atomic mass is 10.00. The minimum Gasteiger partial charge on any atom is -0.462 e. The fourth-order valence-electron chi connectivity index (χ4n) is 7.45. The first-order valence-electron chi connectivity index (χ1n) is 24.7. The lowest BCUT2D eigenvalue weighted by Crippen LogP contribution is -2.60. The Labute approximate surface area is 382 Å². The van der Waals surface area contributed by atoms with Crippen LogP contribution < -0.4 is 0 Å². The fraction of sp³-hybridized carbons (Fsp3) is 0.800. The Morgan fingerprint density at radius 1 is 0.556 bits per heavy atom. The van der Waals surface area contributed by atoms with Gasteiger partial charge in [0.25, 0.3) is 10.1 Å². The molecule has 3 unspecified atom stereocenters. The molecule has 0 amide bonds. The smallest absolute Gasteiger partial charge is 0.306 e. The maximum Gasteiger partial charge on any atom is 0.306 e. The van der Waals surface area contributed by atoms with Crippen LogP contribution in [0.5, 0.6) is 0 Å². The van der Waals surface area contributed by atoms with Gasteiger partial charge in [0.05, 0.1) is 6.61 Å². The molecule has 13 heteroatoms. The van der Waals surface area contributed by atoms with E-state index in [1.165, 1.54) is 116 Å². The van der Waals surface area contributed by atoms with Gasteiger partial charge in [-0.1, -0.05) is 204 Å². The molecule has 63 heavy (non-hydrogen) atoms. The molecule has 1 saturated heterocycles. The lowest BCUT2D eigenvalue weighted by molar-refractivity contribution is -0.297. The van der Waals surface area contributed by atoms with Crippen LogP contribution in [0.3, 0.4) is 0 Å². The Balaban J connectivity index is 2.35. The number of carbonyl (C=O) groups is 2. The Morgan fingerprint density at radius 3 is 1.49 bits per heavy atom. The number of esters is 2. The van der Waals surface area contributed by atoms with Crippen LogP contribution in [0.15, 0.2) is 48.6 Å². The van der Waals surface area contributed by atoms with Gasteiger partial charge in [-0.15, -0.1) is 0 Å². The summed E-state index contributed by atoms with van der Waals surface area (Å²) in [6.07, 6.45) is 38.9. The third-order valence-electron chi connectivity index (χ3n) is 11.3. The summed E-state index contributed by atoms with van der Waals surface area (Å²) in [5.41, 5.74) is 0. The fourth-order valence-corrected chi connectivity index (χ4v) is 8.14. The van der Waals surface area contributed by atoms with Crippen molar-refractivity contribution >= 4 is 22.1 Å². The lowest BCUT2D eigenvalue weighted by Gasteiger charge is -2.40. The number of carbonyl (C=O) groups excluding carboxylic acids is 2. The Kier molecular flexibility index (Phi) is 37.2. The second-order valence-corrected chi connectivity index (χ2v) is 18.7. The van der Waals surface area contributed by atoms with E-state index in [1.54, 1.807) is 0 Å². The van der Waals surface area contributed by atoms with E-state index in [2.05, 4.69) is 26.0 Å². The molecule has 1 fully saturated rings. The molecule has 0 aromatic rings. The Morgan fingerprint density at radius 2 is 1.00 bits per heavy atom. The van der Waals surface area contributed by atoms with E-state index in [0.717, 1.165) is 44.9 Å². The van der Waals surface area contributed by atoms with E-state index in [9.17, 15) is 37.9 Å². The summed E-state index contributed by atoms with van der Waals surface area (Å²) in [5, 5.41) is 30.9. The highest BCUT2D eigenvalue weighted by Gasteiger charge is 2.46. The summed E-state index contributed by atoms with van der Waals surface area (Å²) in [4.78, 5) is 25.4. The maximum atomic E-state index is 12.8. The zero-order chi connectivity index (χ0) is 46.2. The molecule has 1 aliphatic heterocycles. The summed E-state index contributed by atoms with van der Waals surface area (Å²) in [7, 11) is -4.61. The van der Waals surface area contributed by atoms with Crippen LogP contribution in [0.1, 0.15) is 200 Å². The third-order valence-corrected chi connectivity index (χ3v) is 12.0. The van der Waals surface area contributed by atoms with E-state index in [4.69, 9.17) is 18.9 Å². The summed E-state index contributed by atoms with van der Waals surface area (Å²) < 4.78 is 54.1. The summed E-state index contributed by atoms with van der Waals surface area (Å²) in [5.74, 6) is -2.03. The molecule has 0 aliphatic carbocycles. The average molecular weight is 913 g/mol. The summed E-state index contributed by atoms with van der Waals surface area (Å²) in [6, 6.07) is 0. The zero-order valence-corrected chi connectivity index (χ0v) is 40.0. The molecule has 0 radical (unpaired) electrons. The van der Waals surface area contributed by atoms with Crippen LogP contribution in [0, 0.1) is 0 Å². The van der Waals surface area contributed by atoms with Crippen LogP contribution in [-0.2, 0) is 38.7 Å². The maximum absolute atomic E-state index is 12.8. The molecule has 12 nitrogen and oxygen atoms in total. The second-order valence-electron chi connectivity index (χ2n) is 17.2. The van der Waals surface area contributed by atoms with Crippen molar-refractivity contribution in [2.45, 2.75) is 237 Å². The second kappa shape index (κ2) is 39.9. The van der Waals surface area contributed by atoms with Crippen molar-refractivity contribution in [3.63, 3.8) is 0 Å². The molecule has 1 aliphatic rings. The zero-order valence-electron chi connectivity index (χ0n) is 39.2. The Hall–Kier alpha value is -2.39. The number of hydrogen-bond acceptors (Lipinski definition) is 11. The molecule has 0 aromatic heterocycles. The quantitative estimate of drug-likeness (QED) is 0.0197. The van der Waals surface area contributed by atoms with Crippen molar-refractivity contribution in [3.8, 4) is 0 Å². The van der Waals surface area contributed by atoms with E-state index in [1.807, 2.05) is 36.5 Å². The number of aliphatic hydroxyl groups excluding tert-OH is 3. The van der Waals surface area contributed by atoms with Gasteiger partial charge in [0, 0.05) is 12.8 Å². The summed E-state index contributed by atoms with van der Waals surface area (Å²) in [6.45, 7) is 3.60. The molecular formula is C50H88O12S. The van der Waals surface area contributed by atoms with Crippen molar-refractivity contribution in [2.75, 3.05) is 19.0 Å². The monoisotopic (exact) mass is 913 g/mol. The minimum atomic E-state index is -4.61. The molecule has 6 atom stereocenters. The van der Waals surface area contributed by atoms with Gasteiger partial charge in [-0.25, -0.2) is 0 Å². The SMILES string of the molecule is CC/C=C/C=C/C=C/C=C/CCCCCC(=O)OC(COC(=O)CCCCCCCCCCCCCCCCCCCCCCCC)CO[C@H]1O[C@H](CS(=O)(=O)O)[C@@H](O)C(O)C1O. The molecule has 4 N–H and O–H groups in total. The van der Waals surface area contributed by atoms with Gasteiger partial charge in [-0.05, 0) is 32.1 Å². The topological polar surface area (TPSA) is 186 Å². The largest absolute Gasteiger partial charge is 0.462 e. The van der Waals surface area contributed by atoms with Gasteiger partial charge in [0.15, 0.2) is 12.4 Å². The van der Waals surface area contributed by atoms with Crippen LogP contribution >= 0.6 is 0 Å². The molecule has 366 valence electrons. The van der Waals surface area contributed by atoms with Crippen LogP contribution in [0.2, 0.25) is 0 Å². The first kappa shape index (κ1) is 58.6. The highest BCUT2D eigenvalue weighted by molar-refractivity contribution is 7.85. The highest BCUT2D eigenvalue weighted by Crippen LogP contribution is 2.24. The van der Waals surface area contributed by atoms with Gasteiger partial charge in [0.1, 0.15) is 36.8 Å². The molecule has 1 heterocycles. The number of unbranched alkanes of at least 4 members (excludes halogenated alkanes) is 24. The van der Waals surface area contributed by atoms with Crippen molar-refractivity contribution < 1.29 is 56.8 Å². The van der Waals surface area contributed by atoms with Gasteiger partial charge < -0.3 is 34.3 Å².